The number of benzene rings is 2. The summed E-state index contributed by atoms with van der Waals surface area (Å²) in [5.41, 5.74) is 4.78. The third kappa shape index (κ3) is 4.67. The standard InChI is InChI=1S/C25H28N4O/c1-18-9-11-20(12-10-18)19(2)28-24(30)22-8-6-7-21(15-22)23-16-26-25(27-17-23)29-13-4-3-5-14-29/h6-12,15-17,19H,3-5,13-14H2,1-2H3,(H,28,30)/t19-/m0/s1. The number of rotatable bonds is 5. The van der Waals surface area contributed by atoms with E-state index in [1.165, 1.54) is 24.8 Å². The third-order valence-electron chi connectivity index (χ3n) is 5.66. The van der Waals surface area contributed by atoms with Crippen molar-refractivity contribution in [2.45, 2.75) is 39.2 Å². The molecule has 2 heterocycles. The zero-order valence-corrected chi connectivity index (χ0v) is 17.6. The van der Waals surface area contributed by atoms with Crippen LogP contribution in [-0.4, -0.2) is 29.0 Å². The molecule has 1 aromatic heterocycles. The molecular weight excluding hydrogens is 372 g/mol. The fourth-order valence-corrected chi connectivity index (χ4v) is 3.79. The molecule has 0 spiro atoms. The fraction of sp³-hybridized carbons (Fsp3) is 0.320. The Morgan fingerprint density at radius 3 is 2.37 bits per heavy atom. The first-order valence-electron chi connectivity index (χ1n) is 10.6. The van der Waals surface area contributed by atoms with Crippen molar-refractivity contribution < 1.29 is 4.79 Å². The molecule has 5 heteroatoms. The Kier molecular flexibility index (Phi) is 6.07. The zero-order valence-electron chi connectivity index (χ0n) is 17.6. The first-order valence-corrected chi connectivity index (χ1v) is 10.6. The largest absolute Gasteiger partial charge is 0.346 e. The summed E-state index contributed by atoms with van der Waals surface area (Å²) < 4.78 is 0. The number of carbonyl (C=O) groups is 1. The second-order valence-corrected chi connectivity index (χ2v) is 8.01. The summed E-state index contributed by atoms with van der Waals surface area (Å²) in [6.07, 6.45) is 7.38. The van der Waals surface area contributed by atoms with Gasteiger partial charge in [0.15, 0.2) is 0 Å². The summed E-state index contributed by atoms with van der Waals surface area (Å²) in [6, 6.07) is 15.8. The Balaban J connectivity index is 1.46. The predicted octanol–water partition coefficient (Wildman–Crippen LogP) is 4.93. The van der Waals surface area contributed by atoms with E-state index in [1.54, 1.807) is 0 Å². The van der Waals surface area contributed by atoms with Crippen molar-refractivity contribution >= 4 is 11.9 Å². The number of aromatic nitrogens is 2. The lowest BCUT2D eigenvalue weighted by Gasteiger charge is -2.26. The number of piperidine rings is 1. The molecule has 3 aromatic rings. The molecule has 1 aliphatic heterocycles. The van der Waals surface area contributed by atoms with Crippen molar-refractivity contribution in [3.05, 3.63) is 77.6 Å². The monoisotopic (exact) mass is 400 g/mol. The van der Waals surface area contributed by atoms with Crippen LogP contribution in [0.3, 0.4) is 0 Å². The molecule has 5 nitrogen and oxygen atoms in total. The molecule has 1 atom stereocenters. The van der Waals surface area contributed by atoms with Crippen molar-refractivity contribution in [2.75, 3.05) is 18.0 Å². The van der Waals surface area contributed by atoms with E-state index in [2.05, 4.69) is 51.4 Å². The predicted molar refractivity (Wildman–Crippen MR) is 121 cm³/mol. The lowest BCUT2D eigenvalue weighted by Crippen LogP contribution is -2.30. The Hall–Kier alpha value is -3.21. The molecule has 4 rings (SSSR count). The summed E-state index contributed by atoms with van der Waals surface area (Å²) in [4.78, 5) is 24.2. The molecule has 1 saturated heterocycles. The van der Waals surface area contributed by atoms with Crippen LogP contribution in [0, 0.1) is 6.92 Å². The first-order chi connectivity index (χ1) is 14.6. The van der Waals surface area contributed by atoms with Gasteiger partial charge in [-0.1, -0.05) is 42.0 Å². The number of carbonyl (C=O) groups excluding carboxylic acids is 1. The van der Waals surface area contributed by atoms with Gasteiger partial charge in [0.25, 0.3) is 5.91 Å². The summed E-state index contributed by atoms with van der Waals surface area (Å²) in [6.45, 7) is 6.10. The molecule has 0 saturated carbocycles. The zero-order chi connectivity index (χ0) is 20.9. The van der Waals surface area contributed by atoms with Crippen LogP contribution in [0.4, 0.5) is 5.95 Å². The van der Waals surface area contributed by atoms with Crippen LogP contribution in [-0.2, 0) is 0 Å². The van der Waals surface area contributed by atoms with Crippen molar-refractivity contribution in [3.63, 3.8) is 0 Å². The minimum absolute atomic E-state index is 0.0612. The van der Waals surface area contributed by atoms with Gasteiger partial charge in [-0.05, 0) is 56.4 Å². The van der Waals surface area contributed by atoms with Crippen LogP contribution in [0.15, 0.2) is 60.9 Å². The van der Waals surface area contributed by atoms with E-state index in [-0.39, 0.29) is 11.9 Å². The van der Waals surface area contributed by atoms with Gasteiger partial charge in [0, 0.05) is 36.6 Å². The number of nitrogens with one attached hydrogen (secondary N) is 1. The number of nitrogens with zero attached hydrogens (tertiary/aromatic N) is 3. The van der Waals surface area contributed by atoms with Crippen LogP contribution in [0.5, 0.6) is 0 Å². The van der Waals surface area contributed by atoms with Crippen LogP contribution in [0.25, 0.3) is 11.1 Å². The summed E-state index contributed by atoms with van der Waals surface area (Å²) in [5.74, 6) is 0.704. The normalized spacial score (nSPS) is 14.9. The molecule has 154 valence electrons. The van der Waals surface area contributed by atoms with E-state index in [9.17, 15) is 4.79 Å². The van der Waals surface area contributed by atoms with E-state index in [0.717, 1.165) is 35.7 Å². The maximum atomic E-state index is 12.8. The molecular formula is C25H28N4O. The van der Waals surface area contributed by atoms with Gasteiger partial charge >= 0.3 is 0 Å². The maximum Gasteiger partial charge on any atom is 0.251 e. The van der Waals surface area contributed by atoms with Crippen LogP contribution >= 0.6 is 0 Å². The van der Waals surface area contributed by atoms with E-state index >= 15 is 0 Å². The highest BCUT2D eigenvalue weighted by molar-refractivity contribution is 5.95. The van der Waals surface area contributed by atoms with Gasteiger partial charge in [0.2, 0.25) is 5.95 Å². The molecule has 1 fully saturated rings. The van der Waals surface area contributed by atoms with Gasteiger partial charge in [-0.3, -0.25) is 4.79 Å². The molecule has 0 bridgehead atoms. The Labute approximate surface area is 178 Å². The molecule has 1 aliphatic rings. The van der Waals surface area contributed by atoms with Crippen LogP contribution < -0.4 is 10.2 Å². The second-order valence-electron chi connectivity index (χ2n) is 8.01. The number of aryl methyl sites for hydroxylation is 1. The maximum absolute atomic E-state index is 12.8. The lowest BCUT2D eigenvalue weighted by molar-refractivity contribution is 0.0940. The van der Waals surface area contributed by atoms with Gasteiger partial charge < -0.3 is 10.2 Å². The highest BCUT2D eigenvalue weighted by atomic mass is 16.1. The first kappa shape index (κ1) is 20.1. The van der Waals surface area contributed by atoms with Crippen molar-refractivity contribution in [1.82, 2.24) is 15.3 Å². The van der Waals surface area contributed by atoms with Crippen LogP contribution in [0.2, 0.25) is 0 Å². The number of amides is 1. The average molecular weight is 401 g/mol. The molecule has 1 N–H and O–H groups in total. The van der Waals surface area contributed by atoms with Gasteiger partial charge in [0.05, 0.1) is 6.04 Å². The number of hydrogen-bond donors (Lipinski definition) is 1. The van der Waals surface area contributed by atoms with Crippen molar-refractivity contribution in [2.24, 2.45) is 0 Å². The smallest absolute Gasteiger partial charge is 0.251 e. The minimum atomic E-state index is -0.0872. The Morgan fingerprint density at radius 1 is 0.967 bits per heavy atom. The third-order valence-corrected chi connectivity index (χ3v) is 5.66. The van der Waals surface area contributed by atoms with Crippen molar-refractivity contribution in [1.29, 1.82) is 0 Å². The highest BCUT2D eigenvalue weighted by Gasteiger charge is 2.15. The molecule has 0 aliphatic carbocycles. The fourth-order valence-electron chi connectivity index (χ4n) is 3.79. The molecule has 30 heavy (non-hydrogen) atoms. The Bertz CT molecular complexity index is 992. The average Bonchev–Trinajstić information content (AvgIpc) is 2.80. The van der Waals surface area contributed by atoms with Crippen molar-refractivity contribution in [3.8, 4) is 11.1 Å². The van der Waals surface area contributed by atoms with E-state index in [4.69, 9.17) is 0 Å². The topological polar surface area (TPSA) is 58.1 Å². The SMILES string of the molecule is Cc1ccc([C@H](C)NC(=O)c2cccc(-c3cnc(N4CCCCC4)nc3)c2)cc1. The van der Waals surface area contributed by atoms with Gasteiger partial charge in [-0.2, -0.15) is 0 Å². The van der Waals surface area contributed by atoms with E-state index < -0.39 is 0 Å². The molecule has 1 amide bonds. The van der Waals surface area contributed by atoms with Crippen LogP contribution in [0.1, 0.15) is 53.7 Å². The number of hydrogen-bond acceptors (Lipinski definition) is 4. The molecule has 0 unspecified atom stereocenters. The van der Waals surface area contributed by atoms with E-state index in [0.29, 0.717) is 5.56 Å². The lowest BCUT2D eigenvalue weighted by atomic mass is 10.0. The summed E-state index contributed by atoms with van der Waals surface area (Å²) in [5, 5.41) is 3.09. The van der Waals surface area contributed by atoms with Gasteiger partial charge in [0.1, 0.15) is 0 Å². The molecule has 0 radical (unpaired) electrons. The van der Waals surface area contributed by atoms with Gasteiger partial charge in [-0.15, -0.1) is 0 Å². The second kappa shape index (κ2) is 9.08. The molecule has 2 aromatic carbocycles. The quantitative estimate of drug-likeness (QED) is 0.659. The number of anilines is 1. The Morgan fingerprint density at radius 2 is 1.67 bits per heavy atom. The summed E-state index contributed by atoms with van der Waals surface area (Å²) in [7, 11) is 0. The minimum Gasteiger partial charge on any atom is -0.346 e. The highest BCUT2D eigenvalue weighted by Crippen LogP contribution is 2.22. The van der Waals surface area contributed by atoms with E-state index in [1.807, 2.05) is 43.6 Å². The van der Waals surface area contributed by atoms with Gasteiger partial charge in [-0.25, -0.2) is 9.97 Å². The summed E-state index contributed by atoms with van der Waals surface area (Å²) >= 11 is 0.